The molecule has 2 aromatic carbocycles. The summed E-state index contributed by atoms with van der Waals surface area (Å²) in [4.78, 5) is 10.9. The van der Waals surface area contributed by atoms with E-state index in [0.717, 1.165) is 23.3 Å². The fourth-order valence-electron chi connectivity index (χ4n) is 2.93. The maximum absolute atomic E-state index is 13.1. The molecule has 1 heterocycles. The van der Waals surface area contributed by atoms with Crippen LogP contribution in [-0.4, -0.2) is 30.3 Å². The number of benzene rings is 2. The van der Waals surface area contributed by atoms with Crippen molar-refractivity contribution < 1.29 is 22.7 Å². The van der Waals surface area contributed by atoms with Gasteiger partial charge in [-0.05, 0) is 53.8 Å². The minimum atomic E-state index is -3.75. The molecular weight excluding hydrogens is 357 g/mol. The molecule has 26 heavy (non-hydrogen) atoms. The van der Waals surface area contributed by atoms with Crippen molar-refractivity contribution in [2.24, 2.45) is 0 Å². The molecule has 0 radical (unpaired) electrons. The van der Waals surface area contributed by atoms with E-state index in [4.69, 9.17) is 5.11 Å². The molecule has 0 atom stereocenters. The first kappa shape index (κ1) is 18.1. The SMILES string of the molecule is O=C(O)Cc1cccc(C2=CN(S(=O)(=O)c3ccc(F)cc3)CCC2)c1. The Labute approximate surface area is 151 Å². The van der Waals surface area contributed by atoms with Crippen LogP contribution >= 0.6 is 0 Å². The molecule has 0 aromatic heterocycles. The van der Waals surface area contributed by atoms with Gasteiger partial charge in [0.1, 0.15) is 5.82 Å². The van der Waals surface area contributed by atoms with Crippen molar-refractivity contribution in [1.29, 1.82) is 0 Å². The number of halogens is 1. The van der Waals surface area contributed by atoms with Crippen molar-refractivity contribution in [2.45, 2.75) is 24.2 Å². The van der Waals surface area contributed by atoms with E-state index < -0.39 is 21.8 Å². The van der Waals surface area contributed by atoms with Crippen LogP contribution in [0.1, 0.15) is 24.0 Å². The van der Waals surface area contributed by atoms with Gasteiger partial charge in [0.2, 0.25) is 0 Å². The lowest BCUT2D eigenvalue weighted by atomic mass is 9.97. The molecule has 0 spiro atoms. The van der Waals surface area contributed by atoms with E-state index in [1.165, 1.54) is 16.4 Å². The monoisotopic (exact) mass is 375 g/mol. The van der Waals surface area contributed by atoms with Crippen LogP contribution in [0.25, 0.3) is 5.57 Å². The van der Waals surface area contributed by atoms with Crippen molar-refractivity contribution in [1.82, 2.24) is 4.31 Å². The standard InChI is InChI=1S/C19H18FNO4S/c20-17-6-8-18(9-7-17)26(24,25)21-10-2-5-16(13-21)15-4-1-3-14(11-15)12-19(22)23/h1,3-4,6-9,11,13H,2,5,10,12H2,(H,22,23). The Balaban J connectivity index is 1.92. The van der Waals surface area contributed by atoms with Crippen molar-refractivity contribution in [3.8, 4) is 0 Å². The molecule has 3 rings (SSSR count). The quantitative estimate of drug-likeness (QED) is 0.870. The Morgan fingerprint density at radius 1 is 1.15 bits per heavy atom. The molecule has 0 amide bonds. The third-order valence-electron chi connectivity index (χ3n) is 4.20. The fraction of sp³-hybridized carbons (Fsp3) is 0.211. The predicted octanol–water partition coefficient (Wildman–Crippen LogP) is 3.28. The molecule has 136 valence electrons. The average Bonchev–Trinajstić information content (AvgIpc) is 2.62. The minimum Gasteiger partial charge on any atom is -0.481 e. The topological polar surface area (TPSA) is 74.7 Å². The number of hydrogen-bond acceptors (Lipinski definition) is 3. The summed E-state index contributed by atoms with van der Waals surface area (Å²) < 4.78 is 39.9. The average molecular weight is 375 g/mol. The van der Waals surface area contributed by atoms with Gasteiger partial charge in [0, 0.05) is 12.7 Å². The van der Waals surface area contributed by atoms with E-state index in [-0.39, 0.29) is 11.3 Å². The van der Waals surface area contributed by atoms with E-state index in [2.05, 4.69) is 0 Å². The van der Waals surface area contributed by atoms with E-state index >= 15 is 0 Å². The molecule has 2 aromatic rings. The maximum atomic E-state index is 13.1. The molecule has 0 unspecified atom stereocenters. The Kier molecular flexibility index (Phi) is 5.08. The highest BCUT2D eigenvalue weighted by Crippen LogP contribution is 2.29. The van der Waals surface area contributed by atoms with Crippen LogP contribution in [0.5, 0.6) is 0 Å². The number of sulfonamides is 1. The summed E-state index contributed by atoms with van der Waals surface area (Å²) in [7, 11) is -3.75. The highest BCUT2D eigenvalue weighted by atomic mass is 32.2. The normalized spacial score (nSPS) is 14.8. The van der Waals surface area contributed by atoms with E-state index in [0.29, 0.717) is 24.9 Å². The molecule has 1 N–H and O–H groups in total. The maximum Gasteiger partial charge on any atom is 0.307 e. The first-order valence-electron chi connectivity index (χ1n) is 8.15. The van der Waals surface area contributed by atoms with Gasteiger partial charge in [0.05, 0.1) is 11.3 Å². The molecule has 1 aliphatic rings. The van der Waals surface area contributed by atoms with Crippen LogP contribution in [0, 0.1) is 5.82 Å². The van der Waals surface area contributed by atoms with Crippen LogP contribution < -0.4 is 0 Å². The second-order valence-electron chi connectivity index (χ2n) is 6.10. The molecule has 5 nitrogen and oxygen atoms in total. The predicted molar refractivity (Wildman–Crippen MR) is 95.3 cm³/mol. The third-order valence-corrected chi connectivity index (χ3v) is 5.97. The van der Waals surface area contributed by atoms with Gasteiger partial charge in [-0.15, -0.1) is 0 Å². The Bertz CT molecular complexity index is 952. The zero-order valence-electron chi connectivity index (χ0n) is 13.9. The highest BCUT2D eigenvalue weighted by molar-refractivity contribution is 7.89. The summed E-state index contributed by atoms with van der Waals surface area (Å²) >= 11 is 0. The molecule has 0 aliphatic carbocycles. The van der Waals surface area contributed by atoms with Gasteiger partial charge in [-0.3, -0.25) is 9.10 Å². The molecule has 0 fully saturated rings. The number of nitrogens with zero attached hydrogens (tertiary/aromatic N) is 1. The molecular formula is C19H18FNO4S. The summed E-state index contributed by atoms with van der Waals surface area (Å²) in [6, 6.07) is 11.9. The lowest BCUT2D eigenvalue weighted by Crippen LogP contribution is -2.29. The number of carbonyl (C=O) groups is 1. The van der Waals surface area contributed by atoms with Gasteiger partial charge in [-0.1, -0.05) is 24.3 Å². The van der Waals surface area contributed by atoms with E-state index in [1.807, 2.05) is 6.07 Å². The summed E-state index contributed by atoms with van der Waals surface area (Å²) in [5.41, 5.74) is 2.30. The van der Waals surface area contributed by atoms with Crippen LogP contribution in [0.15, 0.2) is 59.6 Å². The van der Waals surface area contributed by atoms with E-state index in [1.54, 1.807) is 24.4 Å². The van der Waals surface area contributed by atoms with Crippen molar-refractivity contribution in [3.63, 3.8) is 0 Å². The summed E-state index contributed by atoms with van der Waals surface area (Å²) in [6.07, 6.45) is 2.85. The summed E-state index contributed by atoms with van der Waals surface area (Å²) in [6.45, 7) is 0.345. The largest absolute Gasteiger partial charge is 0.481 e. The van der Waals surface area contributed by atoms with Crippen molar-refractivity contribution >= 4 is 21.6 Å². The lowest BCUT2D eigenvalue weighted by Gasteiger charge is -2.26. The van der Waals surface area contributed by atoms with E-state index in [9.17, 15) is 17.6 Å². The van der Waals surface area contributed by atoms with Gasteiger partial charge in [0.25, 0.3) is 10.0 Å². The number of hydrogen-bond donors (Lipinski definition) is 1. The second kappa shape index (κ2) is 7.29. The highest BCUT2D eigenvalue weighted by Gasteiger charge is 2.25. The van der Waals surface area contributed by atoms with Gasteiger partial charge in [0.15, 0.2) is 0 Å². The third kappa shape index (κ3) is 3.94. The first-order valence-corrected chi connectivity index (χ1v) is 9.59. The smallest absolute Gasteiger partial charge is 0.307 e. The molecule has 1 aliphatic heterocycles. The van der Waals surface area contributed by atoms with Crippen LogP contribution in [-0.2, 0) is 21.2 Å². The number of allylic oxidation sites excluding steroid dienone is 1. The number of carboxylic acids is 1. The zero-order valence-corrected chi connectivity index (χ0v) is 14.7. The Hall–Kier alpha value is -2.67. The lowest BCUT2D eigenvalue weighted by molar-refractivity contribution is -0.136. The van der Waals surface area contributed by atoms with Gasteiger partial charge < -0.3 is 5.11 Å². The number of carboxylic acid groups (broad SMARTS) is 1. The number of aliphatic carboxylic acids is 1. The second-order valence-corrected chi connectivity index (χ2v) is 7.99. The summed E-state index contributed by atoms with van der Waals surface area (Å²) in [5, 5.41) is 8.93. The zero-order chi connectivity index (χ0) is 18.7. The minimum absolute atomic E-state index is 0.0380. The molecule has 0 saturated carbocycles. The van der Waals surface area contributed by atoms with Gasteiger partial charge >= 0.3 is 5.97 Å². The van der Waals surface area contributed by atoms with Crippen LogP contribution in [0.4, 0.5) is 4.39 Å². The van der Waals surface area contributed by atoms with Crippen molar-refractivity contribution in [3.05, 3.63) is 71.7 Å². The molecule has 0 bridgehead atoms. The fourth-order valence-corrected chi connectivity index (χ4v) is 4.32. The first-order chi connectivity index (χ1) is 12.4. The molecule has 0 saturated heterocycles. The Morgan fingerprint density at radius 2 is 1.88 bits per heavy atom. The molecule has 7 heteroatoms. The van der Waals surface area contributed by atoms with Crippen LogP contribution in [0.3, 0.4) is 0 Å². The Morgan fingerprint density at radius 3 is 2.58 bits per heavy atom. The summed E-state index contributed by atoms with van der Waals surface area (Å²) in [5.74, 6) is -1.41. The van der Waals surface area contributed by atoms with Gasteiger partial charge in [-0.2, -0.15) is 0 Å². The van der Waals surface area contributed by atoms with Crippen LogP contribution in [0.2, 0.25) is 0 Å². The van der Waals surface area contributed by atoms with Gasteiger partial charge in [-0.25, -0.2) is 12.8 Å². The van der Waals surface area contributed by atoms with Crippen molar-refractivity contribution in [2.75, 3.05) is 6.54 Å². The number of rotatable bonds is 5.